The van der Waals surface area contributed by atoms with Gasteiger partial charge in [0.05, 0.1) is 16.1 Å². The molecule has 3 rings (SSSR count). The predicted molar refractivity (Wildman–Crippen MR) is 94.4 cm³/mol. The van der Waals surface area contributed by atoms with Gasteiger partial charge in [0.25, 0.3) is 5.91 Å². The lowest BCUT2D eigenvalue weighted by molar-refractivity contribution is -0.147. The zero-order valence-corrected chi connectivity index (χ0v) is 14.8. The second-order valence-electron chi connectivity index (χ2n) is 5.93. The van der Waals surface area contributed by atoms with Crippen molar-refractivity contribution in [2.75, 3.05) is 0 Å². The van der Waals surface area contributed by atoms with Crippen molar-refractivity contribution in [3.63, 3.8) is 0 Å². The zero-order valence-electron chi connectivity index (χ0n) is 13.3. The molecule has 7 heteroatoms. The lowest BCUT2D eigenvalue weighted by Crippen LogP contribution is -2.56. The number of hydrogen-bond donors (Lipinski definition) is 2. The second kappa shape index (κ2) is 6.58. The number of carboxylic acid groups (broad SMARTS) is 1. The van der Waals surface area contributed by atoms with E-state index < -0.39 is 23.5 Å². The largest absolute Gasteiger partial charge is 0.490 e. The number of benzene rings is 2. The Kier molecular flexibility index (Phi) is 4.62. The topological polar surface area (TPSA) is 75.6 Å². The van der Waals surface area contributed by atoms with Crippen LogP contribution in [0.25, 0.3) is 0 Å². The first kappa shape index (κ1) is 17.6. The molecule has 0 saturated carbocycles. The fraction of sp³-hybridized carbons (Fsp3) is 0.222. The Morgan fingerprint density at radius 1 is 1.20 bits per heavy atom. The molecule has 0 aliphatic carbocycles. The number of halogens is 2. The molecule has 0 spiro atoms. The molecule has 1 amide bonds. The number of rotatable bonds is 3. The number of ether oxygens (including phenoxy) is 1. The highest BCUT2D eigenvalue weighted by molar-refractivity contribution is 6.42. The summed E-state index contributed by atoms with van der Waals surface area (Å²) in [5.41, 5.74) is -1.02. The van der Waals surface area contributed by atoms with Gasteiger partial charge in [0.2, 0.25) is 0 Å². The van der Waals surface area contributed by atoms with E-state index in [1.807, 2.05) is 0 Å². The van der Waals surface area contributed by atoms with Crippen molar-refractivity contribution in [2.24, 2.45) is 0 Å². The molecule has 0 aromatic heterocycles. The number of carboxylic acids is 1. The minimum Gasteiger partial charge on any atom is -0.490 e. The molecule has 0 bridgehead atoms. The lowest BCUT2D eigenvalue weighted by Gasteiger charge is -2.39. The molecule has 5 nitrogen and oxygen atoms in total. The fourth-order valence-corrected chi connectivity index (χ4v) is 3.31. The third-order valence-corrected chi connectivity index (χ3v) is 4.85. The van der Waals surface area contributed by atoms with Crippen molar-refractivity contribution in [1.82, 2.24) is 5.32 Å². The van der Waals surface area contributed by atoms with Crippen LogP contribution >= 0.6 is 23.2 Å². The van der Waals surface area contributed by atoms with E-state index in [-0.39, 0.29) is 22.0 Å². The predicted octanol–water partition coefficient (Wildman–Crippen LogP) is 3.87. The van der Waals surface area contributed by atoms with E-state index in [4.69, 9.17) is 27.9 Å². The van der Waals surface area contributed by atoms with Gasteiger partial charge in [0, 0.05) is 23.6 Å². The van der Waals surface area contributed by atoms with Gasteiger partial charge < -0.3 is 15.2 Å². The van der Waals surface area contributed by atoms with E-state index in [1.165, 1.54) is 12.1 Å². The molecular formula is C18H15Cl2NO4. The quantitative estimate of drug-likeness (QED) is 0.848. The molecular weight excluding hydrogens is 365 g/mol. The second-order valence-corrected chi connectivity index (χ2v) is 6.74. The molecule has 130 valence electrons. The molecule has 2 atom stereocenters. The summed E-state index contributed by atoms with van der Waals surface area (Å²) < 4.78 is 5.70. The molecule has 0 saturated heterocycles. The number of aliphatic carboxylic acids is 1. The monoisotopic (exact) mass is 379 g/mol. The van der Waals surface area contributed by atoms with Crippen molar-refractivity contribution in [3.05, 3.63) is 63.6 Å². The van der Waals surface area contributed by atoms with Gasteiger partial charge in [-0.1, -0.05) is 41.4 Å². The molecule has 1 heterocycles. The van der Waals surface area contributed by atoms with E-state index in [0.29, 0.717) is 11.3 Å². The van der Waals surface area contributed by atoms with Crippen LogP contribution in [0.3, 0.4) is 0 Å². The first-order chi connectivity index (χ1) is 11.8. The Balaban J connectivity index is 2.11. The van der Waals surface area contributed by atoms with Crippen LogP contribution in [0.1, 0.15) is 29.3 Å². The standard InChI is InChI=1S/C18H15Cl2NO4/c1-10-9-18(17(23)24,21-16(22)11-5-3-2-4-6-11)12-7-13(19)14(20)8-15(12)25-10/h2-8,10H,9H2,1H3,(H,21,22)(H,23,24). The Bertz CT molecular complexity index is 840. The molecule has 2 unspecified atom stereocenters. The van der Waals surface area contributed by atoms with E-state index in [0.717, 1.165) is 0 Å². The van der Waals surface area contributed by atoms with E-state index in [1.54, 1.807) is 37.3 Å². The summed E-state index contributed by atoms with van der Waals surface area (Å²) in [4.78, 5) is 24.8. The van der Waals surface area contributed by atoms with Gasteiger partial charge in [-0.05, 0) is 25.1 Å². The number of hydrogen-bond acceptors (Lipinski definition) is 3. The van der Waals surface area contributed by atoms with Crippen LogP contribution in [0.2, 0.25) is 10.0 Å². The molecule has 25 heavy (non-hydrogen) atoms. The Morgan fingerprint density at radius 3 is 2.48 bits per heavy atom. The van der Waals surface area contributed by atoms with Crippen molar-refractivity contribution in [1.29, 1.82) is 0 Å². The first-order valence-corrected chi connectivity index (χ1v) is 8.36. The summed E-state index contributed by atoms with van der Waals surface area (Å²) in [7, 11) is 0. The highest BCUT2D eigenvalue weighted by Gasteiger charge is 2.48. The van der Waals surface area contributed by atoms with E-state index >= 15 is 0 Å². The average Bonchev–Trinajstić information content (AvgIpc) is 2.57. The molecule has 1 aliphatic heterocycles. The molecule has 0 fully saturated rings. The number of carbonyl (C=O) groups is 2. The van der Waals surface area contributed by atoms with Crippen molar-refractivity contribution >= 4 is 35.1 Å². The van der Waals surface area contributed by atoms with Gasteiger partial charge >= 0.3 is 5.97 Å². The van der Waals surface area contributed by atoms with Crippen molar-refractivity contribution in [3.8, 4) is 5.75 Å². The third kappa shape index (κ3) is 3.17. The van der Waals surface area contributed by atoms with Gasteiger partial charge in [-0.25, -0.2) is 4.79 Å². The van der Waals surface area contributed by atoms with Crippen molar-refractivity contribution in [2.45, 2.75) is 25.0 Å². The maximum absolute atomic E-state index is 12.6. The fourth-order valence-electron chi connectivity index (χ4n) is 2.99. The normalized spacial score (nSPS) is 21.8. The minimum atomic E-state index is -1.66. The molecule has 2 aromatic rings. The summed E-state index contributed by atoms with van der Waals surface area (Å²) in [6.07, 6.45) is -0.372. The van der Waals surface area contributed by atoms with Gasteiger partial charge in [0.1, 0.15) is 5.75 Å². The lowest BCUT2D eigenvalue weighted by atomic mass is 9.81. The first-order valence-electron chi connectivity index (χ1n) is 7.60. The summed E-state index contributed by atoms with van der Waals surface area (Å²) in [5.74, 6) is -1.38. The van der Waals surface area contributed by atoms with E-state index in [2.05, 4.69) is 5.32 Å². The molecule has 0 radical (unpaired) electrons. The highest BCUT2D eigenvalue weighted by atomic mass is 35.5. The highest BCUT2D eigenvalue weighted by Crippen LogP contribution is 2.43. The number of amides is 1. The van der Waals surface area contributed by atoms with Gasteiger partial charge in [-0.15, -0.1) is 0 Å². The SMILES string of the molecule is CC1CC(NC(=O)c2ccccc2)(C(=O)O)c2cc(Cl)c(Cl)cc2O1. The van der Waals surface area contributed by atoms with Crippen molar-refractivity contribution < 1.29 is 19.4 Å². The third-order valence-electron chi connectivity index (χ3n) is 4.13. The van der Waals surface area contributed by atoms with E-state index in [9.17, 15) is 14.7 Å². The maximum atomic E-state index is 12.6. The van der Waals surface area contributed by atoms with Crippen LogP contribution in [-0.4, -0.2) is 23.1 Å². The minimum absolute atomic E-state index is 0.0614. The molecule has 2 N–H and O–H groups in total. The Morgan fingerprint density at radius 2 is 1.84 bits per heavy atom. The van der Waals surface area contributed by atoms with Gasteiger partial charge in [0.15, 0.2) is 5.54 Å². The average molecular weight is 380 g/mol. The van der Waals surface area contributed by atoms with Crippen LogP contribution in [0.5, 0.6) is 5.75 Å². The molecule has 2 aromatic carbocycles. The molecule has 1 aliphatic rings. The maximum Gasteiger partial charge on any atom is 0.334 e. The summed E-state index contributed by atoms with van der Waals surface area (Å²) in [6, 6.07) is 11.3. The number of carbonyl (C=O) groups excluding carboxylic acids is 1. The number of fused-ring (bicyclic) bond motifs is 1. The smallest absolute Gasteiger partial charge is 0.334 e. The Labute approximate surface area is 154 Å². The summed E-state index contributed by atoms with van der Waals surface area (Å²) in [5, 5.41) is 13.1. The summed E-state index contributed by atoms with van der Waals surface area (Å²) >= 11 is 12.1. The number of nitrogens with one attached hydrogen (secondary N) is 1. The van der Waals surface area contributed by atoms with Crippen LogP contribution in [0.4, 0.5) is 0 Å². The Hall–Kier alpha value is -2.24. The van der Waals surface area contributed by atoms with Crippen LogP contribution < -0.4 is 10.1 Å². The van der Waals surface area contributed by atoms with Gasteiger partial charge in [-0.2, -0.15) is 0 Å². The van der Waals surface area contributed by atoms with Crippen LogP contribution in [0.15, 0.2) is 42.5 Å². The zero-order chi connectivity index (χ0) is 18.2. The summed E-state index contributed by atoms with van der Waals surface area (Å²) in [6.45, 7) is 1.73. The van der Waals surface area contributed by atoms with Crippen LogP contribution in [-0.2, 0) is 10.3 Å². The van der Waals surface area contributed by atoms with Crippen LogP contribution in [0, 0.1) is 0 Å². The van der Waals surface area contributed by atoms with Gasteiger partial charge in [-0.3, -0.25) is 4.79 Å².